The van der Waals surface area contributed by atoms with E-state index < -0.39 is 12.0 Å². The van der Waals surface area contributed by atoms with E-state index in [-0.39, 0.29) is 23.5 Å². The normalized spacial score (nSPS) is 19.9. The van der Waals surface area contributed by atoms with Gasteiger partial charge in [-0.3, -0.25) is 4.79 Å². The van der Waals surface area contributed by atoms with Crippen molar-refractivity contribution < 1.29 is 18.0 Å². The molecule has 1 aromatic carbocycles. The number of nitrogens with zero attached hydrogens (tertiary/aromatic N) is 6. The van der Waals surface area contributed by atoms with Crippen molar-refractivity contribution in [2.24, 2.45) is 5.92 Å². The maximum atomic E-state index is 13.4. The van der Waals surface area contributed by atoms with Crippen molar-refractivity contribution in [3.63, 3.8) is 0 Å². The summed E-state index contributed by atoms with van der Waals surface area (Å²) in [5, 5.41) is 10.9. The maximum Gasteiger partial charge on any atom is 0.453 e. The lowest BCUT2D eigenvalue weighted by Gasteiger charge is -2.39. The number of carbonyl (C=O) groups excluding carboxylic acids is 1. The summed E-state index contributed by atoms with van der Waals surface area (Å²) in [6.45, 7) is 3.17. The SMILES string of the molecule is CC1CCc2ccccc2N1C(=O)C1CCN(c2ccc3nnc(C(F)(F)F)n3n2)CC1. The molecule has 1 fully saturated rings. The van der Waals surface area contributed by atoms with Gasteiger partial charge in [-0.2, -0.15) is 17.7 Å². The first-order chi connectivity index (χ1) is 15.3. The number of amides is 1. The summed E-state index contributed by atoms with van der Waals surface area (Å²) in [4.78, 5) is 17.3. The fourth-order valence-electron chi connectivity index (χ4n) is 4.70. The molecule has 5 rings (SSSR count). The molecule has 1 amide bonds. The number of piperidine rings is 1. The number of hydrogen-bond donors (Lipinski definition) is 0. The molecule has 168 valence electrons. The van der Waals surface area contributed by atoms with Crippen LogP contribution in [0.5, 0.6) is 0 Å². The second-order valence-corrected chi connectivity index (χ2v) is 8.47. The Balaban J connectivity index is 1.32. The zero-order chi connectivity index (χ0) is 22.5. The van der Waals surface area contributed by atoms with E-state index in [0.717, 1.165) is 23.0 Å². The number of hydrogen-bond acceptors (Lipinski definition) is 5. The molecule has 1 unspecified atom stereocenters. The molecule has 0 bridgehead atoms. The molecular formula is C22H23F3N6O. The molecular weight excluding hydrogens is 421 g/mol. The lowest BCUT2D eigenvalue weighted by Crippen LogP contribution is -2.48. The third-order valence-corrected chi connectivity index (χ3v) is 6.43. The number of anilines is 2. The van der Waals surface area contributed by atoms with Gasteiger partial charge in [-0.25, -0.2) is 0 Å². The zero-order valence-corrected chi connectivity index (χ0v) is 17.6. The smallest absolute Gasteiger partial charge is 0.355 e. The van der Waals surface area contributed by atoms with Crippen LogP contribution in [0.2, 0.25) is 0 Å². The first-order valence-electron chi connectivity index (χ1n) is 10.8. The van der Waals surface area contributed by atoms with Crippen molar-refractivity contribution in [1.29, 1.82) is 0 Å². The van der Waals surface area contributed by atoms with E-state index >= 15 is 0 Å². The van der Waals surface area contributed by atoms with Gasteiger partial charge in [0.2, 0.25) is 5.91 Å². The van der Waals surface area contributed by atoms with E-state index in [9.17, 15) is 18.0 Å². The summed E-state index contributed by atoms with van der Waals surface area (Å²) < 4.78 is 40.2. The molecule has 10 heteroatoms. The van der Waals surface area contributed by atoms with Crippen LogP contribution in [0.15, 0.2) is 36.4 Å². The summed E-state index contributed by atoms with van der Waals surface area (Å²) in [6, 6.07) is 11.3. The van der Waals surface area contributed by atoms with Crippen LogP contribution in [0.3, 0.4) is 0 Å². The lowest BCUT2D eigenvalue weighted by molar-refractivity contribution is -0.146. The third kappa shape index (κ3) is 3.57. The van der Waals surface area contributed by atoms with Gasteiger partial charge in [0.05, 0.1) is 0 Å². The van der Waals surface area contributed by atoms with Crippen LogP contribution in [0.4, 0.5) is 24.7 Å². The first-order valence-corrected chi connectivity index (χ1v) is 10.8. The highest BCUT2D eigenvalue weighted by atomic mass is 19.4. The van der Waals surface area contributed by atoms with Gasteiger partial charge in [-0.05, 0) is 56.4 Å². The molecule has 2 aromatic heterocycles. The van der Waals surface area contributed by atoms with Crippen molar-refractivity contribution in [2.75, 3.05) is 22.9 Å². The molecule has 0 N–H and O–H groups in total. The number of aryl methyl sites for hydroxylation is 1. The summed E-state index contributed by atoms with van der Waals surface area (Å²) in [6.07, 6.45) is -1.48. The Labute approximate surface area is 182 Å². The van der Waals surface area contributed by atoms with Gasteiger partial charge in [0.25, 0.3) is 5.82 Å². The van der Waals surface area contributed by atoms with Crippen LogP contribution < -0.4 is 9.80 Å². The Morgan fingerprint density at radius 2 is 1.78 bits per heavy atom. The number of alkyl halides is 3. The monoisotopic (exact) mass is 444 g/mol. The van der Waals surface area contributed by atoms with E-state index in [4.69, 9.17) is 0 Å². The van der Waals surface area contributed by atoms with Crippen molar-refractivity contribution >= 4 is 23.1 Å². The van der Waals surface area contributed by atoms with Crippen LogP contribution in [-0.2, 0) is 17.4 Å². The van der Waals surface area contributed by atoms with Gasteiger partial charge in [0, 0.05) is 30.7 Å². The number of fused-ring (bicyclic) bond motifs is 2. The minimum absolute atomic E-state index is 0.0453. The molecule has 1 saturated heterocycles. The summed E-state index contributed by atoms with van der Waals surface area (Å²) in [5.41, 5.74) is 2.24. The van der Waals surface area contributed by atoms with Gasteiger partial charge >= 0.3 is 6.18 Å². The molecule has 4 heterocycles. The molecule has 0 spiro atoms. The number of carbonyl (C=O) groups is 1. The van der Waals surface area contributed by atoms with Crippen molar-refractivity contribution in [2.45, 2.75) is 44.8 Å². The standard InChI is InChI=1S/C22H23F3N6O/c1-14-6-7-15-4-2-3-5-17(15)30(14)20(32)16-10-12-29(13-11-16)19-9-8-18-26-27-21(22(23,24)25)31(18)28-19/h2-5,8-9,14,16H,6-7,10-13H2,1H3. The Morgan fingerprint density at radius 3 is 2.53 bits per heavy atom. The summed E-state index contributed by atoms with van der Waals surface area (Å²) in [5.74, 6) is -0.710. The fourth-order valence-corrected chi connectivity index (χ4v) is 4.70. The van der Waals surface area contributed by atoms with Crippen LogP contribution in [0.1, 0.15) is 37.6 Å². The number of halogens is 3. The predicted molar refractivity (Wildman–Crippen MR) is 112 cm³/mol. The van der Waals surface area contributed by atoms with Crippen LogP contribution in [-0.4, -0.2) is 44.8 Å². The van der Waals surface area contributed by atoms with E-state index in [1.165, 1.54) is 11.6 Å². The minimum Gasteiger partial charge on any atom is -0.355 e. The summed E-state index contributed by atoms with van der Waals surface area (Å²) in [7, 11) is 0. The van der Waals surface area contributed by atoms with E-state index in [1.807, 2.05) is 28.0 Å². The van der Waals surface area contributed by atoms with Crippen molar-refractivity contribution in [3.8, 4) is 0 Å². The number of aromatic nitrogens is 4. The van der Waals surface area contributed by atoms with E-state index in [2.05, 4.69) is 28.3 Å². The van der Waals surface area contributed by atoms with Crippen LogP contribution in [0, 0.1) is 5.92 Å². The molecule has 2 aliphatic rings. The first kappa shape index (κ1) is 20.7. The van der Waals surface area contributed by atoms with Gasteiger partial charge in [0.1, 0.15) is 5.82 Å². The van der Waals surface area contributed by atoms with Gasteiger partial charge in [-0.15, -0.1) is 15.3 Å². The molecule has 0 radical (unpaired) electrons. The largest absolute Gasteiger partial charge is 0.453 e. The second kappa shape index (κ2) is 7.75. The predicted octanol–water partition coefficient (Wildman–Crippen LogP) is 3.73. The number of benzene rings is 1. The van der Waals surface area contributed by atoms with Crippen LogP contribution >= 0.6 is 0 Å². The second-order valence-electron chi connectivity index (χ2n) is 8.47. The molecule has 3 aromatic rings. The lowest BCUT2D eigenvalue weighted by atomic mass is 9.91. The van der Waals surface area contributed by atoms with Crippen molar-refractivity contribution in [1.82, 2.24) is 19.8 Å². The van der Waals surface area contributed by atoms with E-state index in [1.54, 1.807) is 6.07 Å². The zero-order valence-electron chi connectivity index (χ0n) is 17.6. The Hall–Kier alpha value is -3.17. The molecule has 0 saturated carbocycles. The average molecular weight is 444 g/mol. The Kier molecular flexibility index (Phi) is 5.02. The molecule has 32 heavy (non-hydrogen) atoms. The third-order valence-electron chi connectivity index (χ3n) is 6.43. The Bertz CT molecular complexity index is 1150. The van der Waals surface area contributed by atoms with E-state index in [0.29, 0.717) is 31.7 Å². The van der Waals surface area contributed by atoms with Gasteiger partial charge in [-0.1, -0.05) is 18.2 Å². The quantitative estimate of drug-likeness (QED) is 0.603. The fraction of sp³-hybridized carbons (Fsp3) is 0.455. The topological polar surface area (TPSA) is 66.6 Å². The highest BCUT2D eigenvalue weighted by molar-refractivity contribution is 5.97. The minimum atomic E-state index is -4.63. The highest BCUT2D eigenvalue weighted by Gasteiger charge is 2.38. The molecule has 7 nitrogen and oxygen atoms in total. The van der Waals surface area contributed by atoms with Crippen molar-refractivity contribution in [3.05, 3.63) is 47.8 Å². The molecule has 0 aliphatic carbocycles. The van der Waals surface area contributed by atoms with Crippen LogP contribution in [0.25, 0.3) is 5.65 Å². The molecule has 2 aliphatic heterocycles. The average Bonchev–Trinajstić information content (AvgIpc) is 3.23. The Morgan fingerprint density at radius 1 is 1.03 bits per heavy atom. The molecule has 1 atom stereocenters. The van der Waals surface area contributed by atoms with Gasteiger partial charge < -0.3 is 9.80 Å². The number of para-hydroxylation sites is 1. The maximum absolute atomic E-state index is 13.4. The number of rotatable bonds is 2. The summed E-state index contributed by atoms with van der Waals surface area (Å²) >= 11 is 0. The van der Waals surface area contributed by atoms with Gasteiger partial charge in [0.15, 0.2) is 5.65 Å². The highest BCUT2D eigenvalue weighted by Crippen LogP contribution is 2.34.